The first kappa shape index (κ1) is 16.8. The molecule has 1 aromatic carbocycles. The van der Waals surface area contributed by atoms with Gasteiger partial charge in [0.2, 0.25) is 0 Å². The molecule has 2 aromatic rings. The van der Waals surface area contributed by atoms with Crippen molar-refractivity contribution < 1.29 is 4.92 Å². The highest BCUT2D eigenvalue weighted by atomic mass is 35.5. The van der Waals surface area contributed by atoms with Gasteiger partial charge in [0.05, 0.1) is 16.9 Å². The summed E-state index contributed by atoms with van der Waals surface area (Å²) in [7, 11) is 0. The van der Waals surface area contributed by atoms with E-state index in [-0.39, 0.29) is 0 Å². The molecule has 0 unspecified atom stereocenters. The number of hydrogen-bond acceptors (Lipinski definition) is 5. The Morgan fingerprint density at radius 2 is 2.17 bits per heavy atom. The normalized spacial score (nSPS) is 11.3. The second-order valence-corrected chi connectivity index (χ2v) is 5.43. The summed E-state index contributed by atoms with van der Waals surface area (Å²) in [5.41, 5.74) is 1.69. The zero-order chi connectivity index (χ0) is 16.7. The van der Waals surface area contributed by atoms with E-state index in [0.29, 0.717) is 17.4 Å². The summed E-state index contributed by atoms with van der Waals surface area (Å²) in [6.45, 7) is 3.32. The third-order valence-electron chi connectivity index (χ3n) is 3.03. The van der Waals surface area contributed by atoms with Crippen LogP contribution in [0.15, 0.2) is 48.8 Å². The summed E-state index contributed by atoms with van der Waals surface area (Å²) in [6.07, 6.45) is 5.46. The Labute approximate surface area is 139 Å². The predicted octanol–water partition coefficient (Wildman–Crippen LogP) is 3.01. The number of nitrogens with one attached hydrogen (secondary N) is 2. The van der Waals surface area contributed by atoms with Gasteiger partial charge in [0.1, 0.15) is 0 Å². The molecule has 7 nitrogen and oxygen atoms in total. The summed E-state index contributed by atoms with van der Waals surface area (Å²) < 4.78 is 1.99. The van der Waals surface area contributed by atoms with Gasteiger partial charge in [0.25, 0.3) is 6.20 Å². The smallest absolute Gasteiger partial charge is 0.274 e. The van der Waals surface area contributed by atoms with Crippen molar-refractivity contribution in [3.63, 3.8) is 0 Å². The lowest BCUT2D eigenvalue weighted by Gasteiger charge is -2.11. The van der Waals surface area contributed by atoms with E-state index in [1.165, 1.54) is 0 Å². The van der Waals surface area contributed by atoms with Crippen LogP contribution in [0, 0.1) is 17.0 Å². The van der Waals surface area contributed by atoms with Crippen LogP contribution < -0.4 is 10.6 Å². The number of rotatable bonds is 8. The van der Waals surface area contributed by atoms with Gasteiger partial charge in [0, 0.05) is 30.0 Å². The third kappa shape index (κ3) is 5.99. The molecule has 0 radical (unpaired) electrons. The third-order valence-corrected chi connectivity index (χ3v) is 3.28. The molecule has 0 saturated carbocycles. The van der Waals surface area contributed by atoms with E-state index in [1.807, 2.05) is 17.7 Å². The molecule has 0 bridgehead atoms. The van der Waals surface area contributed by atoms with Crippen LogP contribution in [0.1, 0.15) is 12.1 Å². The molecule has 0 atom stereocenters. The first-order valence-corrected chi connectivity index (χ1v) is 7.51. The average molecular weight is 336 g/mol. The standard InChI is InChI=1S/C15H18ClN5O2/c1-12-9-20(11-18-12)8-2-7-17-15(10-21(22)23)19-14-5-3-13(16)4-6-14/h3-6,9-11,17,19H,2,7-8H2,1H3/b15-10-. The number of nitrogens with zero attached hydrogens (tertiary/aromatic N) is 3. The molecule has 0 spiro atoms. The monoisotopic (exact) mass is 335 g/mol. The number of halogens is 1. The summed E-state index contributed by atoms with van der Waals surface area (Å²) >= 11 is 5.82. The van der Waals surface area contributed by atoms with E-state index in [9.17, 15) is 10.1 Å². The minimum atomic E-state index is -0.496. The van der Waals surface area contributed by atoms with E-state index in [4.69, 9.17) is 11.6 Å². The Hall–Kier alpha value is -2.54. The Morgan fingerprint density at radius 3 is 2.78 bits per heavy atom. The second-order valence-electron chi connectivity index (χ2n) is 4.99. The Balaban J connectivity index is 1.86. The zero-order valence-corrected chi connectivity index (χ0v) is 13.5. The van der Waals surface area contributed by atoms with Crippen molar-refractivity contribution in [1.82, 2.24) is 14.9 Å². The van der Waals surface area contributed by atoms with Crippen LogP contribution >= 0.6 is 11.6 Å². The number of imidazole rings is 1. The maximum Gasteiger partial charge on any atom is 0.274 e. The molecule has 0 aliphatic heterocycles. The van der Waals surface area contributed by atoms with Gasteiger partial charge in [-0.2, -0.15) is 0 Å². The number of anilines is 1. The van der Waals surface area contributed by atoms with Crippen molar-refractivity contribution >= 4 is 17.3 Å². The van der Waals surface area contributed by atoms with Crippen molar-refractivity contribution in [3.8, 4) is 0 Å². The van der Waals surface area contributed by atoms with Crippen LogP contribution in [0.2, 0.25) is 5.02 Å². The predicted molar refractivity (Wildman–Crippen MR) is 89.7 cm³/mol. The van der Waals surface area contributed by atoms with Crippen molar-refractivity contribution in [2.75, 3.05) is 11.9 Å². The number of nitro groups is 1. The van der Waals surface area contributed by atoms with Crippen molar-refractivity contribution in [2.45, 2.75) is 19.9 Å². The van der Waals surface area contributed by atoms with Crippen molar-refractivity contribution in [3.05, 3.63) is 69.6 Å². The summed E-state index contributed by atoms with van der Waals surface area (Å²) in [4.78, 5) is 14.4. The lowest BCUT2D eigenvalue weighted by Crippen LogP contribution is -2.22. The molecule has 1 aromatic heterocycles. The zero-order valence-electron chi connectivity index (χ0n) is 12.7. The van der Waals surface area contributed by atoms with E-state index in [0.717, 1.165) is 30.5 Å². The fourth-order valence-electron chi connectivity index (χ4n) is 2.00. The van der Waals surface area contributed by atoms with E-state index >= 15 is 0 Å². The quantitative estimate of drug-likeness (QED) is 0.440. The van der Waals surface area contributed by atoms with E-state index in [1.54, 1.807) is 30.6 Å². The van der Waals surface area contributed by atoms with Crippen LogP contribution in [0.25, 0.3) is 0 Å². The highest BCUT2D eigenvalue weighted by molar-refractivity contribution is 6.30. The van der Waals surface area contributed by atoms with E-state index in [2.05, 4.69) is 15.6 Å². The molecule has 0 aliphatic carbocycles. The number of hydrogen-bond donors (Lipinski definition) is 2. The Morgan fingerprint density at radius 1 is 1.43 bits per heavy atom. The fraction of sp³-hybridized carbons (Fsp3) is 0.267. The largest absolute Gasteiger partial charge is 0.366 e. The molecular formula is C15H18ClN5O2. The van der Waals surface area contributed by atoms with Crippen LogP contribution in [0.4, 0.5) is 5.69 Å². The van der Waals surface area contributed by atoms with Crippen LogP contribution in [0.3, 0.4) is 0 Å². The van der Waals surface area contributed by atoms with Gasteiger partial charge in [-0.1, -0.05) is 11.6 Å². The van der Waals surface area contributed by atoms with E-state index < -0.39 is 4.92 Å². The number of aromatic nitrogens is 2. The molecular weight excluding hydrogens is 318 g/mol. The fourth-order valence-corrected chi connectivity index (χ4v) is 2.12. The van der Waals surface area contributed by atoms with Crippen LogP contribution in [0.5, 0.6) is 0 Å². The summed E-state index contributed by atoms with van der Waals surface area (Å²) in [5.74, 6) is 0.333. The second kappa shape index (κ2) is 8.19. The SMILES string of the molecule is Cc1cn(CCCN/C(=C/[N+](=O)[O-])Nc2ccc(Cl)cc2)cn1. The van der Waals surface area contributed by atoms with Crippen molar-refractivity contribution in [2.24, 2.45) is 0 Å². The Bertz CT molecular complexity index is 681. The van der Waals surface area contributed by atoms with Gasteiger partial charge >= 0.3 is 0 Å². The minimum Gasteiger partial charge on any atom is -0.366 e. The van der Waals surface area contributed by atoms with Crippen molar-refractivity contribution in [1.29, 1.82) is 0 Å². The molecule has 0 fully saturated rings. The molecule has 0 amide bonds. The molecule has 122 valence electrons. The topological polar surface area (TPSA) is 85.0 Å². The number of benzene rings is 1. The maximum absolute atomic E-state index is 10.7. The average Bonchev–Trinajstić information content (AvgIpc) is 2.91. The maximum atomic E-state index is 10.7. The van der Waals surface area contributed by atoms with Crippen LogP contribution in [-0.2, 0) is 6.54 Å². The molecule has 0 aliphatic rings. The highest BCUT2D eigenvalue weighted by Gasteiger charge is 2.04. The summed E-state index contributed by atoms with van der Waals surface area (Å²) in [6, 6.07) is 6.95. The first-order chi connectivity index (χ1) is 11.0. The molecule has 1 heterocycles. The van der Waals surface area contributed by atoms with Gasteiger partial charge in [-0.25, -0.2) is 4.98 Å². The molecule has 8 heteroatoms. The van der Waals surface area contributed by atoms with Gasteiger partial charge in [-0.05, 0) is 37.6 Å². The highest BCUT2D eigenvalue weighted by Crippen LogP contribution is 2.14. The van der Waals surface area contributed by atoms with Gasteiger partial charge < -0.3 is 15.2 Å². The summed E-state index contributed by atoms with van der Waals surface area (Å²) in [5, 5.41) is 17.3. The molecule has 0 saturated heterocycles. The Kier molecular flexibility index (Phi) is 5.99. The molecule has 2 N–H and O–H groups in total. The molecule has 2 rings (SSSR count). The number of aryl methyl sites for hydroxylation is 2. The van der Waals surface area contributed by atoms with Gasteiger partial charge in [-0.3, -0.25) is 10.1 Å². The minimum absolute atomic E-state index is 0.333. The van der Waals surface area contributed by atoms with Gasteiger partial charge in [0.15, 0.2) is 5.82 Å². The van der Waals surface area contributed by atoms with Crippen LogP contribution in [-0.4, -0.2) is 21.0 Å². The first-order valence-electron chi connectivity index (χ1n) is 7.13. The lowest BCUT2D eigenvalue weighted by atomic mass is 10.3. The lowest BCUT2D eigenvalue weighted by molar-refractivity contribution is -0.403. The molecule has 23 heavy (non-hydrogen) atoms. The van der Waals surface area contributed by atoms with Gasteiger partial charge in [-0.15, -0.1) is 0 Å².